The van der Waals surface area contributed by atoms with E-state index < -0.39 is 6.10 Å². The summed E-state index contributed by atoms with van der Waals surface area (Å²) in [4.78, 5) is 11.8. The summed E-state index contributed by atoms with van der Waals surface area (Å²) < 4.78 is 12.9. The molecule has 1 heterocycles. The first-order chi connectivity index (χ1) is 9.06. The van der Waals surface area contributed by atoms with Crippen LogP contribution in [0.4, 0.5) is 4.39 Å². The molecule has 1 aromatic carbocycles. The molecule has 1 aliphatic heterocycles. The highest BCUT2D eigenvalue weighted by Gasteiger charge is 2.27. The summed E-state index contributed by atoms with van der Waals surface area (Å²) in [6, 6.07) is 4.36. The molecular formula is C14H19FN2O2. The topological polar surface area (TPSA) is 61.4 Å². The molecule has 104 valence electrons. The Bertz CT molecular complexity index is 465. The first-order valence-corrected chi connectivity index (χ1v) is 6.50. The van der Waals surface area contributed by atoms with Crippen molar-refractivity contribution in [1.29, 1.82) is 0 Å². The van der Waals surface area contributed by atoms with Crippen LogP contribution in [-0.4, -0.2) is 36.2 Å². The molecule has 3 N–H and O–H groups in total. The third-order valence-electron chi connectivity index (χ3n) is 3.42. The Morgan fingerprint density at radius 2 is 2.37 bits per heavy atom. The zero-order valence-electron chi connectivity index (χ0n) is 10.9. The van der Waals surface area contributed by atoms with Crippen LogP contribution in [0.1, 0.15) is 17.5 Å². The minimum Gasteiger partial charge on any atom is -0.392 e. The van der Waals surface area contributed by atoms with Gasteiger partial charge in [0.1, 0.15) is 5.82 Å². The molecule has 5 heteroatoms. The van der Waals surface area contributed by atoms with Gasteiger partial charge in [-0.05, 0) is 43.0 Å². The number of amides is 1. The highest BCUT2D eigenvalue weighted by Crippen LogP contribution is 2.10. The first-order valence-electron chi connectivity index (χ1n) is 6.50. The third kappa shape index (κ3) is 3.75. The van der Waals surface area contributed by atoms with Crippen molar-refractivity contribution in [3.8, 4) is 0 Å². The van der Waals surface area contributed by atoms with E-state index in [9.17, 15) is 14.3 Å². The number of aryl methyl sites for hydroxylation is 1. The van der Waals surface area contributed by atoms with Gasteiger partial charge in [-0.15, -0.1) is 0 Å². The fraction of sp³-hybridized carbons (Fsp3) is 0.500. The lowest BCUT2D eigenvalue weighted by atomic mass is 10.1. The van der Waals surface area contributed by atoms with Crippen LogP contribution in [0.5, 0.6) is 0 Å². The van der Waals surface area contributed by atoms with Gasteiger partial charge >= 0.3 is 0 Å². The number of benzene rings is 1. The Hall–Kier alpha value is -1.46. The number of aliphatic hydroxyl groups excluding tert-OH is 1. The van der Waals surface area contributed by atoms with Gasteiger partial charge < -0.3 is 15.7 Å². The molecule has 0 unspecified atom stereocenters. The maximum Gasteiger partial charge on any atom is 0.237 e. The largest absolute Gasteiger partial charge is 0.392 e. The zero-order valence-corrected chi connectivity index (χ0v) is 10.9. The van der Waals surface area contributed by atoms with Crippen LogP contribution >= 0.6 is 0 Å². The van der Waals surface area contributed by atoms with E-state index in [0.29, 0.717) is 25.9 Å². The summed E-state index contributed by atoms with van der Waals surface area (Å²) in [5, 5.41) is 15.1. The van der Waals surface area contributed by atoms with Gasteiger partial charge in [0.15, 0.2) is 0 Å². The van der Waals surface area contributed by atoms with E-state index in [1.54, 1.807) is 6.07 Å². The molecule has 2 rings (SSSR count). The number of halogens is 1. The van der Waals surface area contributed by atoms with Crippen LogP contribution in [0, 0.1) is 12.7 Å². The smallest absolute Gasteiger partial charge is 0.237 e. The number of rotatable bonds is 4. The van der Waals surface area contributed by atoms with Gasteiger partial charge in [-0.1, -0.05) is 6.07 Å². The number of nitrogens with one attached hydrogen (secondary N) is 2. The van der Waals surface area contributed by atoms with Crippen LogP contribution in [0.3, 0.4) is 0 Å². The van der Waals surface area contributed by atoms with Crippen LogP contribution in [0.15, 0.2) is 18.2 Å². The summed E-state index contributed by atoms with van der Waals surface area (Å²) in [6.45, 7) is 2.84. The number of carbonyl (C=O) groups excluding carboxylic acids is 1. The van der Waals surface area contributed by atoms with E-state index in [1.807, 2.05) is 6.92 Å². The van der Waals surface area contributed by atoms with E-state index in [4.69, 9.17) is 0 Å². The second-order valence-corrected chi connectivity index (χ2v) is 4.96. The lowest BCUT2D eigenvalue weighted by Crippen LogP contribution is -2.41. The summed E-state index contributed by atoms with van der Waals surface area (Å²) in [6.07, 6.45) is 0.698. The highest BCUT2D eigenvalue weighted by atomic mass is 19.1. The Balaban J connectivity index is 1.78. The van der Waals surface area contributed by atoms with Gasteiger partial charge in [0.2, 0.25) is 5.91 Å². The molecule has 2 atom stereocenters. The van der Waals surface area contributed by atoms with Gasteiger partial charge in [-0.2, -0.15) is 0 Å². The Morgan fingerprint density at radius 1 is 1.58 bits per heavy atom. The average molecular weight is 266 g/mol. The SMILES string of the molecule is Cc1cc(F)ccc1CCNC(=O)[C@@H]1C[C@H](O)CN1. The molecular weight excluding hydrogens is 247 g/mol. The molecule has 19 heavy (non-hydrogen) atoms. The third-order valence-corrected chi connectivity index (χ3v) is 3.42. The van der Waals surface area contributed by atoms with Crippen LogP contribution < -0.4 is 10.6 Å². The number of β-amino-alcohol motifs (C(OH)–C–C–N with tert-alkyl or cyclic N) is 1. The molecule has 1 aromatic rings. The maximum absolute atomic E-state index is 12.9. The molecule has 1 aliphatic rings. The van der Waals surface area contributed by atoms with Gasteiger partial charge in [-0.25, -0.2) is 4.39 Å². The number of aliphatic hydroxyl groups is 1. The minimum absolute atomic E-state index is 0.0867. The molecule has 0 aliphatic carbocycles. The van der Waals surface area contributed by atoms with E-state index >= 15 is 0 Å². The Morgan fingerprint density at radius 3 is 3.00 bits per heavy atom. The molecule has 0 radical (unpaired) electrons. The van der Waals surface area contributed by atoms with Gasteiger partial charge in [-0.3, -0.25) is 4.79 Å². The molecule has 1 amide bonds. The van der Waals surface area contributed by atoms with Crippen molar-refractivity contribution < 1.29 is 14.3 Å². The van der Waals surface area contributed by atoms with Crippen molar-refractivity contribution >= 4 is 5.91 Å². The molecule has 0 bridgehead atoms. The van der Waals surface area contributed by atoms with E-state index in [1.165, 1.54) is 12.1 Å². The number of hydrogen-bond acceptors (Lipinski definition) is 3. The normalized spacial score (nSPS) is 22.5. The van der Waals surface area contributed by atoms with Crippen molar-refractivity contribution in [3.63, 3.8) is 0 Å². The monoisotopic (exact) mass is 266 g/mol. The van der Waals surface area contributed by atoms with Gasteiger partial charge in [0, 0.05) is 13.1 Å². The van der Waals surface area contributed by atoms with Crippen molar-refractivity contribution in [3.05, 3.63) is 35.1 Å². The molecule has 0 aromatic heterocycles. The quantitative estimate of drug-likeness (QED) is 0.744. The van der Waals surface area contributed by atoms with Gasteiger partial charge in [0.05, 0.1) is 12.1 Å². The predicted octanol–water partition coefficient (Wildman–Crippen LogP) is 0.516. The Labute approximate surface area is 112 Å². The average Bonchev–Trinajstić information content (AvgIpc) is 2.78. The van der Waals surface area contributed by atoms with Crippen LogP contribution in [-0.2, 0) is 11.2 Å². The van der Waals surface area contributed by atoms with E-state index in [0.717, 1.165) is 11.1 Å². The summed E-state index contributed by atoms with van der Waals surface area (Å²) in [7, 11) is 0. The summed E-state index contributed by atoms with van der Waals surface area (Å²) in [5.74, 6) is -0.328. The minimum atomic E-state index is -0.435. The Kier molecular flexibility index (Phi) is 4.50. The van der Waals surface area contributed by atoms with E-state index in [-0.39, 0.29) is 17.8 Å². The maximum atomic E-state index is 12.9. The fourth-order valence-electron chi connectivity index (χ4n) is 2.30. The van der Waals surface area contributed by atoms with Gasteiger partial charge in [0.25, 0.3) is 0 Å². The lowest BCUT2D eigenvalue weighted by Gasteiger charge is -2.11. The summed E-state index contributed by atoms with van der Waals surface area (Å²) in [5.41, 5.74) is 1.92. The molecule has 0 spiro atoms. The molecule has 1 saturated heterocycles. The van der Waals surface area contributed by atoms with Crippen LogP contribution in [0.2, 0.25) is 0 Å². The summed E-state index contributed by atoms with van der Waals surface area (Å²) >= 11 is 0. The van der Waals surface area contributed by atoms with Crippen molar-refractivity contribution in [2.75, 3.05) is 13.1 Å². The first kappa shape index (κ1) is 14.0. The second kappa shape index (κ2) is 6.12. The molecule has 4 nitrogen and oxygen atoms in total. The van der Waals surface area contributed by atoms with E-state index in [2.05, 4.69) is 10.6 Å². The second-order valence-electron chi connectivity index (χ2n) is 4.96. The zero-order chi connectivity index (χ0) is 13.8. The van der Waals surface area contributed by atoms with Crippen LogP contribution in [0.25, 0.3) is 0 Å². The predicted molar refractivity (Wildman–Crippen MR) is 70.3 cm³/mol. The number of carbonyl (C=O) groups is 1. The fourth-order valence-corrected chi connectivity index (χ4v) is 2.30. The lowest BCUT2D eigenvalue weighted by molar-refractivity contribution is -0.122. The highest BCUT2D eigenvalue weighted by molar-refractivity contribution is 5.82. The van der Waals surface area contributed by atoms with Crippen molar-refractivity contribution in [1.82, 2.24) is 10.6 Å². The molecule has 1 fully saturated rings. The standard InChI is InChI=1S/C14H19FN2O2/c1-9-6-11(15)3-2-10(9)4-5-16-14(19)13-7-12(18)8-17-13/h2-3,6,12-13,17-18H,4-5,7-8H2,1H3,(H,16,19)/t12-,13-/m0/s1. The number of hydrogen-bond donors (Lipinski definition) is 3. The molecule has 0 saturated carbocycles. The van der Waals surface area contributed by atoms with Crippen molar-refractivity contribution in [2.24, 2.45) is 0 Å². The van der Waals surface area contributed by atoms with Crippen molar-refractivity contribution in [2.45, 2.75) is 31.9 Å².